The van der Waals surface area contributed by atoms with Crippen molar-refractivity contribution in [3.05, 3.63) is 57.5 Å². The first-order chi connectivity index (χ1) is 9.83. The van der Waals surface area contributed by atoms with Crippen LogP contribution in [0.2, 0.25) is 5.02 Å². The first kappa shape index (κ1) is 16.0. The Morgan fingerprint density at radius 3 is 2.38 bits per heavy atom. The second kappa shape index (κ2) is 6.58. The summed E-state index contributed by atoms with van der Waals surface area (Å²) < 4.78 is 40.8. The summed E-state index contributed by atoms with van der Waals surface area (Å²) in [5, 5.41) is 3.74. The van der Waals surface area contributed by atoms with Crippen LogP contribution in [-0.4, -0.2) is 6.36 Å². The van der Waals surface area contributed by atoms with Crippen molar-refractivity contribution >= 4 is 33.2 Å². The summed E-state index contributed by atoms with van der Waals surface area (Å²) in [6.45, 7) is 0.450. The average molecular weight is 381 g/mol. The third-order valence-corrected chi connectivity index (χ3v) is 3.49. The average Bonchev–Trinajstić information content (AvgIpc) is 2.40. The molecule has 2 nitrogen and oxygen atoms in total. The zero-order valence-electron chi connectivity index (χ0n) is 10.5. The monoisotopic (exact) mass is 379 g/mol. The Labute approximate surface area is 133 Å². The second-order valence-electron chi connectivity index (χ2n) is 4.17. The molecule has 0 aromatic heterocycles. The molecule has 0 fully saturated rings. The van der Waals surface area contributed by atoms with Gasteiger partial charge in [-0.15, -0.1) is 13.2 Å². The van der Waals surface area contributed by atoms with Gasteiger partial charge in [-0.3, -0.25) is 0 Å². The van der Waals surface area contributed by atoms with Gasteiger partial charge in [0.05, 0.1) is 5.69 Å². The van der Waals surface area contributed by atoms with Gasteiger partial charge in [0.2, 0.25) is 0 Å². The van der Waals surface area contributed by atoms with Crippen LogP contribution in [-0.2, 0) is 6.54 Å². The normalized spacial score (nSPS) is 11.3. The minimum Gasteiger partial charge on any atom is -0.406 e. The van der Waals surface area contributed by atoms with Gasteiger partial charge in [0.1, 0.15) is 5.75 Å². The third-order valence-electron chi connectivity index (χ3n) is 2.57. The first-order valence-electron chi connectivity index (χ1n) is 5.87. The molecule has 7 heteroatoms. The molecule has 0 aliphatic heterocycles. The minimum absolute atomic E-state index is 0.241. The molecule has 1 N–H and O–H groups in total. The summed E-state index contributed by atoms with van der Waals surface area (Å²) in [5.74, 6) is -0.241. The highest BCUT2D eigenvalue weighted by atomic mass is 79.9. The van der Waals surface area contributed by atoms with E-state index >= 15 is 0 Å². The smallest absolute Gasteiger partial charge is 0.406 e. The second-order valence-corrected chi connectivity index (χ2v) is 5.46. The van der Waals surface area contributed by atoms with E-state index in [1.165, 1.54) is 12.1 Å². The fraction of sp³-hybridized carbons (Fsp3) is 0.143. The highest BCUT2D eigenvalue weighted by Gasteiger charge is 2.30. The number of rotatable bonds is 4. The lowest BCUT2D eigenvalue weighted by Gasteiger charge is -2.11. The first-order valence-corrected chi connectivity index (χ1v) is 7.04. The lowest BCUT2D eigenvalue weighted by atomic mass is 10.2. The van der Waals surface area contributed by atoms with Crippen LogP contribution in [0.5, 0.6) is 5.75 Å². The molecular formula is C14H10BrClF3NO. The number of nitrogens with one attached hydrogen (secondary N) is 1. The van der Waals surface area contributed by atoms with E-state index in [9.17, 15) is 13.2 Å². The van der Waals surface area contributed by atoms with Gasteiger partial charge in [-0.25, -0.2) is 0 Å². The van der Waals surface area contributed by atoms with E-state index < -0.39 is 6.36 Å². The van der Waals surface area contributed by atoms with E-state index in [-0.39, 0.29) is 5.75 Å². The number of hydrogen-bond donors (Lipinski definition) is 1. The molecule has 112 valence electrons. The van der Waals surface area contributed by atoms with Crippen molar-refractivity contribution in [2.75, 3.05) is 5.32 Å². The van der Waals surface area contributed by atoms with Crippen LogP contribution in [0, 0.1) is 0 Å². The largest absolute Gasteiger partial charge is 0.573 e. The van der Waals surface area contributed by atoms with Crippen LogP contribution < -0.4 is 10.1 Å². The Morgan fingerprint density at radius 2 is 1.76 bits per heavy atom. The molecular weight excluding hydrogens is 371 g/mol. The van der Waals surface area contributed by atoms with Gasteiger partial charge in [-0.2, -0.15) is 0 Å². The molecule has 0 bridgehead atoms. The van der Waals surface area contributed by atoms with E-state index in [1.54, 1.807) is 24.3 Å². The molecule has 2 rings (SSSR count). The maximum Gasteiger partial charge on any atom is 0.573 e. The molecule has 21 heavy (non-hydrogen) atoms. The Balaban J connectivity index is 1.99. The highest BCUT2D eigenvalue weighted by Crippen LogP contribution is 2.27. The third kappa shape index (κ3) is 5.13. The Bertz CT molecular complexity index is 617. The van der Waals surface area contributed by atoms with E-state index in [1.807, 2.05) is 6.07 Å². The maximum atomic E-state index is 12.0. The van der Waals surface area contributed by atoms with Crippen LogP contribution in [0.4, 0.5) is 18.9 Å². The van der Waals surface area contributed by atoms with Crippen molar-refractivity contribution in [1.82, 2.24) is 0 Å². The van der Waals surface area contributed by atoms with Crippen molar-refractivity contribution in [2.24, 2.45) is 0 Å². The number of hydrogen-bond acceptors (Lipinski definition) is 2. The van der Waals surface area contributed by atoms with E-state index in [0.29, 0.717) is 11.6 Å². The van der Waals surface area contributed by atoms with Gasteiger partial charge >= 0.3 is 6.36 Å². The van der Waals surface area contributed by atoms with E-state index in [2.05, 4.69) is 26.0 Å². The van der Waals surface area contributed by atoms with Gasteiger partial charge in [0.15, 0.2) is 0 Å². The summed E-state index contributed by atoms with van der Waals surface area (Å²) in [5.41, 5.74) is 1.62. The Hall–Kier alpha value is -1.40. The minimum atomic E-state index is -4.68. The van der Waals surface area contributed by atoms with Crippen molar-refractivity contribution in [2.45, 2.75) is 12.9 Å². The maximum absolute atomic E-state index is 12.0. The van der Waals surface area contributed by atoms with Gasteiger partial charge in [0.25, 0.3) is 0 Å². The van der Waals surface area contributed by atoms with E-state index in [0.717, 1.165) is 15.7 Å². The summed E-state index contributed by atoms with van der Waals surface area (Å²) in [6.07, 6.45) is -4.68. The number of ether oxygens (including phenoxy) is 1. The van der Waals surface area contributed by atoms with Crippen LogP contribution in [0.3, 0.4) is 0 Å². The molecule has 0 spiro atoms. The molecule has 2 aromatic rings. The lowest BCUT2D eigenvalue weighted by Crippen LogP contribution is -2.17. The molecule has 0 unspecified atom stereocenters. The molecule has 0 heterocycles. The van der Waals surface area contributed by atoms with Crippen molar-refractivity contribution in [3.8, 4) is 5.75 Å². The van der Waals surface area contributed by atoms with Gasteiger partial charge in [-0.05, 0) is 51.8 Å². The molecule has 0 saturated heterocycles. The van der Waals surface area contributed by atoms with Crippen molar-refractivity contribution in [1.29, 1.82) is 0 Å². The van der Waals surface area contributed by atoms with Gasteiger partial charge in [-0.1, -0.05) is 23.7 Å². The highest BCUT2D eigenvalue weighted by molar-refractivity contribution is 9.10. The van der Waals surface area contributed by atoms with Crippen LogP contribution >= 0.6 is 27.5 Å². The fourth-order valence-electron chi connectivity index (χ4n) is 1.64. The van der Waals surface area contributed by atoms with Crippen LogP contribution in [0.1, 0.15) is 5.56 Å². The molecule has 0 amide bonds. The van der Waals surface area contributed by atoms with Crippen LogP contribution in [0.15, 0.2) is 46.9 Å². The van der Waals surface area contributed by atoms with Gasteiger partial charge < -0.3 is 10.1 Å². The number of halogens is 5. The predicted molar refractivity (Wildman–Crippen MR) is 79.6 cm³/mol. The Morgan fingerprint density at radius 1 is 1.10 bits per heavy atom. The van der Waals surface area contributed by atoms with Crippen LogP contribution in [0.25, 0.3) is 0 Å². The zero-order chi connectivity index (χ0) is 15.5. The molecule has 0 aliphatic carbocycles. The van der Waals surface area contributed by atoms with E-state index in [4.69, 9.17) is 11.6 Å². The summed E-state index contributed by atoms with van der Waals surface area (Å²) in [6, 6.07) is 11.0. The molecule has 0 atom stereocenters. The summed E-state index contributed by atoms with van der Waals surface area (Å²) in [7, 11) is 0. The fourth-order valence-corrected chi connectivity index (χ4v) is 2.20. The van der Waals surface area contributed by atoms with Crippen molar-refractivity contribution in [3.63, 3.8) is 0 Å². The number of anilines is 1. The quantitative estimate of drug-likeness (QED) is 0.744. The van der Waals surface area contributed by atoms with Gasteiger partial charge in [0, 0.05) is 16.0 Å². The molecule has 0 aliphatic rings. The summed E-state index contributed by atoms with van der Waals surface area (Å²) >= 11 is 9.28. The Kier molecular flexibility index (Phi) is 5.00. The SMILES string of the molecule is FC(F)(F)Oc1ccc(CNc2cc(Cl)ccc2Br)cc1. The number of alkyl halides is 3. The van der Waals surface area contributed by atoms with Crippen molar-refractivity contribution < 1.29 is 17.9 Å². The molecule has 0 saturated carbocycles. The topological polar surface area (TPSA) is 21.3 Å². The zero-order valence-corrected chi connectivity index (χ0v) is 12.9. The number of benzene rings is 2. The lowest BCUT2D eigenvalue weighted by molar-refractivity contribution is -0.274. The molecule has 0 radical (unpaired) electrons. The summed E-state index contributed by atoms with van der Waals surface area (Å²) in [4.78, 5) is 0. The predicted octanol–water partition coefficient (Wildman–Crippen LogP) is 5.61. The standard InChI is InChI=1S/C14H10BrClF3NO/c15-12-6-3-10(16)7-13(12)20-8-9-1-4-11(5-2-9)21-14(17,18)19/h1-7,20H,8H2. The molecule has 2 aromatic carbocycles.